The summed E-state index contributed by atoms with van der Waals surface area (Å²) in [4.78, 5) is 11.9. The summed E-state index contributed by atoms with van der Waals surface area (Å²) >= 11 is 0. The Morgan fingerprint density at radius 3 is 2.94 bits per heavy atom. The van der Waals surface area contributed by atoms with Gasteiger partial charge in [-0.3, -0.25) is 10.2 Å². The van der Waals surface area contributed by atoms with E-state index in [2.05, 4.69) is 16.9 Å². The Labute approximate surface area is 105 Å². The first-order valence-corrected chi connectivity index (χ1v) is 5.98. The van der Waals surface area contributed by atoms with Crippen LogP contribution < -0.4 is 20.3 Å². The van der Waals surface area contributed by atoms with E-state index < -0.39 is 0 Å². The molecule has 0 fully saturated rings. The lowest BCUT2D eigenvalue weighted by atomic mass is 10.2. The molecule has 0 atom stereocenters. The summed E-state index contributed by atoms with van der Waals surface area (Å²) in [5.74, 6) is 1.11. The van der Waals surface area contributed by atoms with Crippen LogP contribution in [-0.2, 0) is 0 Å². The van der Waals surface area contributed by atoms with Gasteiger partial charge in [0.05, 0.1) is 0 Å². The van der Waals surface area contributed by atoms with Crippen LogP contribution in [0.15, 0.2) is 30.0 Å². The number of nitrogens with one attached hydrogen (secondary N) is 2. The van der Waals surface area contributed by atoms with E-state index in [1.165, 1.54) is 0 Å². The van der Waals surface area contributed by atoms with Gasteiger partial charge in [-0.15, -0.1) is 0 Å². The fraction of sp³-hybridized carbons (Fsp3) is 0.308. The Bertz CT molecular complexity index is 511. The van der Waals surface area contributed by atoms with Crippen molar-refractivity contribution in [2.45, 2.75) is 19.3 Å². The summed E-state index contributed by atoms with van der Waals surface area (Å²) in [5.41, 5.74) is 7.24. The zero-order valence-electron chi connectivity index (χ0n) is 9.86. The molecule has 1 aliphatic carbocycles. The Morgan fingerprint density at radius 1 is 1.22 bits per heavy atom. The number of amides is 1. The van der Waals surface area contributed by atoms with Crippen molar-refractivity contribution in [1.82, 2.24) is 10.9 Å². The van der Waals surface area contributed by atoms with Crippen molar-refractivity contribution >= 4 is 5.91 Å². The van der Waals surface area contributed by atoms with Crippen LogP contribution in [0.5, 0.6) is 11.5 Å². The summed E-state index contributed by atoms with van der Waals surface area (Å²) in [6.07, 6.45) is 5.30. The van der Waals surface area contributed by atoms with Crippen LogP contribution >= 0.6 is 0 Å². The Kier molecular flexibility index (Phi) is 2.80. The van der Waals surface area contributed by atoms with Crippen LogP contribution in [0.3, 0.4) is 0 Å². The predicted molar refractivity (Wildman–Crippen MR) is 65.1 cm³/mol. The molecule has 0 saturated carbocycles. The topological polar surface area (TPSA) is 59.6 Å². The highest BCUT2D eigenvalue weighted by Gasteiger charge is 2.16. The van der Waals surface area contributed by atoms with Crippen molar-refractivity contribution in [3.8, 4) is 11.5 Å². The van der Waals surface area contributed by atoms with Crippen LogP contribution in [0.1, 0.15) is 29.6 Å². The number of ether oxygens (including phenoxy) is 2. The molecule has 3 rings (SSSR count). The summed E-state index contributed by atoms with van der Waals surface area (Å²) in [5, 5.41) is 0. The number of benzene rings is 1. The molecule has 18 heavy (non-hydrogen) atoms. The van der Waals surface area contributed by atoms with Crippen molar-refractivity contribution < 1.29 is 14.3 Å². The molecule has 0 aromatic heterocycles. The number of rotatable bonds is 3. The number of hydrogen-bond acceptors (Lipinski definition) is 4. The first-order chi connectivity index (χ1) is 8.83. The van der Waals surface area contributed by atoms with E-state index in [4.69, 9.17) is 9.47 Å². The molecule has 0 radical (unpaired) electrons. The van der Waals surface area contributed by atoms with E-state index in [1.807, 2.05) is 0 Å². The van der Waals surface area contributed by atoms with E-state index in [9.17, 15) is 4.79 Å². The standard InChI is InChI=1S/C13H14N2O3/c16-13(15-14-10-3-1-2-4-10)9-5-6-11-12(7-9)18-8-17-11/h3,5-7,14H,1-2,4,8H2,(H,15,16). The van der Waals surface area contributed by atoms with Gasteiger partial charge in [-0.2, -0.15) is 0 Å². The maximum atomic E-state index is 11.9. The second-order valence-electron chi connectivity index (χ2n) is 4.27. The van der Waals surface area contributed by atoms with Crippen molar-refractivity contribution in [1.29, 1.82) is 0 Å². The van der Waals surface area contributed by atoms with E-state index in [0.717, 1.165) is 25.0 Å². The summed E-state index contributed by atoms with van der Waals surface area (Å²) in [7, 11) is 0. The summed E-state index contributed by atoms with van der Waals surface area (Å²) in [6.45, 7) is 0.214. The first-order valence-electron chi connectivity index (χ1n) is 5.98. The van der Waals surface area contributed by atoms with Gasteiger partial charge in [0, 0.05) is 11.3 Å². The lowest BCUT2D eigenvalue weighted by molar-refractivity contribution is 0.0938. The van der Waals surface area contributed by atoms with Gasteiger partial charge in [0.1, 0.15) is 0 Å². The maximum Gasteiger partial charge on any atom is 0.269 e. The van der Waals surface area contributed by atoms with Gasteiger partial charge < -0.3 is 14.9 Å². The highest BCUT2D eigenvalue weighted by Crippen LogP contribution is 2.32. The highest BCUT2D eigenvalue weighted by molar-refractivity contribution is 5.94. The molecule has 1 heterocycles. The third-order valence-electron chi connectivity index (χ3n) is 3.01. The second-order valence-corrected chi connectivity index (χ2v) is 4.27. The van der Waals surface area contributed by atoms with Crippen LogP contribution in [0.4, 0.5) is 0 Å². The summed E-state index contributed by atoms with van der Waals surface area (Å²) < 4.78 is 10.4. The van der Waals surface area contributed by atoms with Crippen LogP contribution in [0.2, 0.25) is 0 Å². The van der Waals surface area contributed by atoms with Gasteiger partial charge in [-0.25, -0.2) is 0 Å². The molecule has 94 valence electrons. The smallest absolute Gasteiger partial charge is 0.269 e. The Balaban J connectivity index is 1.65. The van der Waals surface area contributed by atoms with Crippen LogP contribution in [0.25, 0.3) is 0 Å². The number of hydrazine groups is 1. The lowest BCUT2D eigenvalue weighted by Gasteiger charge is -2.09. The lowest BCUT2D eigenvalue weighted by Crippen LogP contribution is -2.36. The molecule has 2 aliphatic rings. The molecular formula is C13H14N2O3. The maximum absolute atomic E-state index is 11.9. The molecule has 0 spiro atoms. The number of fused-ring (bicyclic) bond motifs is 1. The molecule has 5 heteroatoms. The average Bonchev–Trinajstić information content (AvgIpc) is 3.05. The number of carbonyl (C=O) groups is 1. The second kappa shape index (κ2) is 4.60. The molecule has 1 aromatic carbocycles. The Morgan fingerprint density at radius 2 is 2.11 bits per heavy atom. The van der Waals surface area contributed by atoms with Crippen LogP contribution in [0, 0.1) is 0 Å². The van der Waals surface area contributed by atoms with E-state index in [1.54, 1.807) is 18.2 Å². The van der Waals surface area contributed by atoms with Gasteiger partial charge in [-0.1, -0.05) is 6.08 Å². The van der Waals surface area contributed by atoms with Crippen LogP contribution in [-0.4, -0.2) is 12.7 Å². The van der Waals surface area contributed by atoms with Crippen molar-refractivity contribution in [3.63, 3.8) is 0 Å². The van der Waals surface area contributed by atoms with E-state index >= 15 is 0 Å². The molecular weight excluding hydrogens is 232 g/mol. The largest absolute Gasteiger partial charge is 0.454 e. The zero-order valence-corrected chi connectivity index (χ0v) is 9.86. The van der Waals surface area contributed by atoms with E-state index in [-0.39, 0.29) is 12.7 Å². The van der Waals surface area contributed by atoms with Crippen molar-refractivity contribution in [2.75, 3.05) is 6.79 Å². The molecule has 1 amide bonds. The fourth-order valence-corrected chi connectivity index (χ4v) is 2.03. The highest BCUT2D eigenvalue weighted by atomic mass is 16.7. The van der Waals surface area contributed by atoms with Gasteiger partial charge in [-0.05, 0) is 37.5 Å². The molecule has 1 aromatic rings. The molecule has 5 nitrogen and oxygen atoms in total. The van der Waals surface area contributed by atoms with Gasteiger partial charge in [0.15, 0.2) is 11.5 Å². The minimum absolute atomic E-state index is 0.180. The van der Waals surface area contributed by atoms with Gasteiger partial charge in [0.25, 0.3) is 5.91 Å². The number of carbonyl (C=O) groups excluding carboxylic acids is 1. The minimum atomic E-state index is -0.180. The molecule has 0 bridgehead atoms. The normalized spacial score (nSPS) is 16.3. The average molecular weight is 246 g/mol. The molecule has 0 saturated heterocycles. The first kappa shape index (κ1) is 11.0. The van der Waals surface area contributed by atoms with Gasteiger partial charge in [0.2, 0.25) is 6.79 Å². The van der Waals surface area contributed by atoms with Crippen molar-refractivity contribution in [3.05, 3.63) is 35.5 Å². The van der Waals surface area contributed by atoms with E-state index in [0.29, 0.717) is 17.1 Å². The Hall–Kier alpha value is -2.17. The molecule has 1 aliphatic heterocycles. The third-order valence-corrected chi connectivity index (χ3v) is 3.01. The fourth-order valence-electron chi connectivity index (χ4n) is 2.03. The quantitative estimate of drug-likeness (QED) is 0.797. The van der Waals surface area contributed by atoms with Gasteiger partial charge >= 0.3 is 0 Å². The number of hydrogen-bond donors (Lipinski definition) is 2. The minimum Gasteiger partial charge on any atom is -0.454 e. The van der Waals surface area contributed by atoms with Crippen molar-refractivity contribution in [2.24, 2.45) is 0 Å². The molecule has 0 unspecified atom stereocenters. The summed E-state index contributed by atoms with van der Waals surface area (Å²) in [6, 6.07) is 5.14. The zero-order chi connectivity index (χ0) is 12.4. The SMILES string of the molecule is O=C(NNC1=CCCC1)c1ccc2c(c1)OCO2. The predicted octanol–water partition coefficient (Wildman–Crippen LogP) is 1.72. The molecule has 2 N–H and O–H groups in total. The third kappa shape index (κ3) is 2.11. The number of allylic oxidation sites excluding steroid dienone is 2. The monoisotopic (exact) mass is 246 g/mol.